The molecule has 0 spiro atoms. The van der Waals surface area contributed by atoms with Crippen LogP contribution in [0.25, 0.3) is 16.6 Å². The van der Waals surface area contributed by atoms with Crippen molar-refractivity contribution in [2.75, 3.05) is 0 Å². The fraction of sp³-hybridized carbons (Fsp3) is 0.0833. The molecule has 2 heterocycles. The molecule has 15 heavy (non-hydrogen) atoms. The van der Waals surface area contributed by atoms with Crippen LogP contribution in [0.4, 0.5) is 0 Å². The van der Waals surface area contributed by atoms with Gasteiger partial charge in [-0.15, -0.1) is 0 Å². The molecule has 3 heteroatoms. The quantitative estimate of drug-likeness (QED) is 0.563. The van der Waals surface area contributed by atoms with Gasteiger partial charge in [-0.05, 0) is 30.7 Å². The van der Waals surface area contributed by atoms with E-state index in [9.17, 15) is 0 Å². The van der Waals surface area contributed by atoms with E-state index in [2.05, 4.69) is 22.4 Å². The highest BCUT2D eigenvalue weighted by Crippen LogP contribution is 2.24. The molecule has 0 atom stereocenters. The van der Waals surface area contributed by atoms with E-state index in [1.54, 1.807) is 0 Å². The predicted octanol–water partition coefficient (Wildman–Crippen LogP) is 3.45. The molecule has 1 aromatic carbocycles. The fourth-order valence-corrected chi connectivity index (χ4v) is 2.20. The summed E-state index contributed by atoms with van der Waals surface area (Å²) in [6, 6.07) is 10.0. The third-order valence-corrected chi connectivity index (χ3v) is 2.91. The van der Waals surface area contributed by atoms with Crippen molar-refractivity contribution in [2.45, 2.75) is 6.92 Å². The van der Waals surface area contributed by atoms with Gasteiger partial charge >= 0.3 is 0 Å². The van der Waals surface area contributed by atoms with Gasteiger partial charge in [-0.1, -0.05) is 23.7 Å². The van der Waals surface area contributed by atoms with Crippen molar-refractivity contribution in [3.8, 4) is 0 Å². The van der Waals surface area contributed by atoms with Gasteiger partial charge in [0.1, 0.15) is 0 Å². The summed E-state index contributed by atoms with van der Waals surface area (Å²) >= 11 is 6.10. The van der Waals surface area contributed by atoms with Gasteiger partial charge in [0.05, 0.1) is 16.6 Å². The molecule has 3 rings (SSSR count). The van der Waals surface area contributed by atoms with E-state index in [0.717, 1.165) is 16.6 Å². The third kappa shape index (κ3) is 1.15. The standard InChI is InChI=1S/C12H9ClN2/c1-8-4-2-5-9-11(8)15-7-3-6-10(15)12(13)14-9/h2-7H,1H3. The summed E-state index contributed by atoms with van der Waals surface area (Å²) in [5.41, 5.74) is 4.22. The molecule has 3 aromatic rings. The Balaban J connectivity index is 2.68. The maximum absolute atomic E-state index is 6.10. The lowest BCUT2D eigenvalue weighted by Gasteiger charge is -2.06. The number of benzene rings is 1. The van der Waals surface area contributed by atoms with Crippen LogP contribution in [-0.2, 0) is 0 Å². The molecule has 0 aliphatic rings. The molecular weight excluding hydrogens is 208 g/mol. The predicted molar refractivity (Wildman–Crippen MR) is 62.4 cm³/mol. The lowest BCUT2D eigenvalue weighted by molar-refractivity contribution is 1.21. The van der Waals surface area contributed by atoms with Crippen LogP contribution in [0.5, 0.6) is 0 Å². The Morgan fingerprint density at radius 2 is 2.07 bits per heavy atom. The van der Waals surface area contributed by atoms with Gasteiger partial charge in [-0.25, -0.2) is 4.98 Å². The van der Waals surface area contributed by atoms with E-state index in [1.165, 1.54) is 5.56 Å². The Hall–Kier alpha value is -1.54. The molecule has 0 saturated heterocycles. The summed E-state index contributed by atoms with van der Waals surface area (Å²) in [7, 11) is 0. The van der Waals surface area contributed by atoms with Crippen LogP contribution in [-0.4, -0.2) is 9.38 Å². The van der Waals surface area contributed by atoms with E-state index in [0.29, 0.717) is 5.15 Å². The summed E-state index contributed by atoms with van der Waals surface area (Å²) < 4.78 is 2.08. The Kier molecular flexibility index (Phi) is 1.73. The molecule has 0 N–H and O–H groups in total. The van der Waals surface area contributed by atoms with Gasteiger partial charge < -0.3 is 4.40 Å². The number of rotatable bonds is 0. The molecule has 0 aliphatic heterocycles. The second kappa shape index (κ2) is 2.97. The van der Waals surface area contributed by atoms with E-state index in [1.807, 2.05) is 30.5 Å². The first-order valence-corrected chi connectivity index (χ1v) is 5.17. The molecule has 0 saturated carbocycles. The lowest BCUT2D eigenvalue weighted by atomic mass is 10.2. The van der Waals surface area contributed by atoms with Crippen molar-refractivity contribution in [2.24, 2.45) is 0 Å². The van der Waals surface area contributed by atoms with Gasteiger partial charge in [-0.2, -0.15) is 0 Å². The Morgan fingerprint density at radius 3 is 2.93 bits per heavy atom. The van der Waals surface area contributed by atoms with Crippen LogP contribution in [0.2, 0.25) is 5.15 Å². The zero-order chi connectivity index (χ0) is 10.4. The van der Waals surface area contributed by atoms with Gasteiger partial charge in [-0.3, -0.25) is 0 Å². The van der Waals surface area contributed by atoms with Crippen LogP contribution in [0.15, 0.2) is 36.5 Å². The summed E-state index contributed by atoms with van der Waals surface area (Å²) in [5.74, 6) is 0. The number of nitrogens with zero attached hydrogens (tertiary/aromatic N) is 2. The van der Waals surface area contributed by atoms with Gasteiger partial charge in [0.15, 0.2) is 5.15 Å². The second-order valence-corrected chi connectivity index (χ2v) is 3.97. The molecule has 2 nitrogen and oxygen atoms in total. The minimum Gasteiger partial charge on any atom is -0.312 e. The molecule has 0 fully saturated rings. The SMILES string of the molecule is Cc1cccc2nc(Cl)c3cccn3c12. The van der Waals surface area contributed by atoms with Gasteiger partial charge in [0.25, 0.3) is 0 Å². The molecule has 74 valence electrons. The molecule has 0 unspecified atom stereocenters. The first-order chi connectivity index (χ1) is 7.27. The first-order valence-electron chi connectivity index (χ1n) is 4.79. The van der Waals surface area contributed by atoms with Gasteiger partial charge in [0, 0.05) is 6.20 Å². The number of para-hydroxylation sites is 1. The molecule has 0 aliphatic carbocycles. The van der Waals surface area contributed by atoms with Crippen molar-refractivity contribution in [1.29, 1.82) is 0 Å². The number of aryl methyl sites for hydroxylation is 1. The highest BCUT2D eigenvalue weighted by atomic mass is 35.5. The van der Waals surface area contributed by atoms with Crippen molar-refractivity contribution in [1.82, 2.24) is 9.38 Å². The van der Waals surface area contributed by atoms with Crippen LogP contribution in [0.3, 0.4) is 0 Å². The average Bonchev–Trinajstić information content (AvgIpc) is 2.66. The largest absolute Gasteiger partial charge is 0.312 e. The molecule has 0 radical (unpaired) electrons. The Labute approximate surface area is 92.1 Å². The summed E-state index contributed by atoms with van der Waals surface area (Å²) in [6.07, 6.45) is 2.01. The number of aromatic nitrogens is 2. The average molecular weight is 217 g/mol. The van der Waals surface area contributed by atoms with E-state index >= 15 is 0 Å². The maximum atomic E-state index is 6.10. The number of hydrogen-bond donors (Lipinski definition) is 0. The van der Waals surface area contributed by atoms with Crippen LogP contribution in [0, 0.1) is 6.92 Å². The summed E-state index contributed by atoms with van der Waals surface area (Å²) in [5, 5.41) is 0.554. The Bertz CT molecular complexity index is 655. The van der Waals surface area contributed by atoms with Crippen molar-refractivity contribution < 1.29 is 0 Å². The lowest BCUT2D eigenvalue weighted by Crippen LogP contribution is -1.93. The topological polar surface area (TPSA) is 17.3 Å². The highest BCUT2D eigenvalue weighted by molar-refractivity contribution is 6.33. The maximum Gasteiger partial charge on any atom is 0.153 e. The smallest absolute Gasteiger partial charge is 0.153 e. The molecule has 2 aromatic heterocycles. The van der Waals surface area contributed by atoms with Crippen LogP contribution in [0.1, 0.15) is 5.56 Å². The summed E-state index contributed by atoms with van der Waals surface area (Å²) in [6.45, 7) is 2.08. The molecule has 0 bridgehead atoms. The number of hydrogen-bond acceptors (Lipinski definition) is 1. The fourth-order valence-electron chi connectivity index (χ4n) is 1.95. The first kappa shape index (κ1) is 8.74. The van der Waals surface area contributed by atoms with E-state index < -0.39 is 0 Å². The molecule has 0 amide bonds. The third-order valence-electron chi connectivity index (χ3n) is 2.64. The highest BCUT2D eigenvalue weighted by Gasteiger charge is 2.06. The van der Waals surface area contributed by atoms with Gasteiger partial charge in [0.2, 0.25) is 0 Å². The Morgan fingerprint density at radius 1 is 1.20 bits per heavy atom. The minimum atomic E-state index is 0.554. The number of halogens is 1. The minimum absolute atomic E-state index is 0.554. The van der Waals surface area contributed by atoms with Crippen LogP contribution < -0.4 is 0 Å². The van der Waals surface area contributed by atoms with E-state index in [-0.39, 0.29) is 0 Å². The van der Waals surface area contributed by atoms with Crippen LogP contribution >= 0.6 is 11.6 Å². The zero-order valence-electron chi connectivity index (χ0n) is 8.24. The second-order valence-electron chi connectivity index (χ2n) is 3.61. The normalized spacial score (nSPS) is 11.3. The zero-order valence-corrected chi connectivity index (χ0v) is 8.99. The van der Waals surface area contributed by atoms with E-state index in [4.69, 9.17) is 11.6 Å². The monoisotopic (exact) mass is 216 g/mol. The number of fused-ring (bicyclic) bond motifs is 3. The van der Waals surface area contributed by atoms with Crippen molar-refractivity contribution in [3.05, 3.63) is 47.2 Å². The van der Waals surface area contributed by atoms with Crippen molar-refractivity contribution >= 4 is 28.2 Å². The summed E-state index contributed by atoms with van der Waals surface area (Å²) in [4.78, 5) is 4.38. The molecular formula is C12H9ClN2. The van der Waals surface area contributed by atoms with Crippen molar-refractivity contribution in [3.63, 3.8) is 0 Å².